The van der Waals surface area contributed by atoms with Gasteiger partial charge in [-0.05, 0) is 43.6 Å². The molecule has 0 radical (unpaired) electrons. The minimum atomic E-state index is 0.124. The maximum atomic E-state index is 9.04. The molecular weight excluding hydrogens is 264 g/mol. The molecule has 1 fully saturated rings. The molecule has 1 aromatic carbocycles. The number of nitrogens with two attached hydrogens (primary N) is 1. The highest BCUT2D eigenvalue weighted by molar-refractivity contribution is 5.95. The Kier molecular flexibility index (Phi) is 5.73. The topological polar surface area (TPSA) is 76.6 Å². The molecule has 0 aliphatic carbocycles. The highest BCUT2D eigenvalue weighted by Gasteiger charge is 2.15. The summed E-state index contributed by atoms with van der Waals surface area (Å²) in [7, 11) is 0. The number of aliphatic hydroxyl groups is 1. The lowest BCUT2D eigenvalue weighted by molar-refractivity contribution is 0.196. The van der Waals surface area contributed by atoms with Gasteiger partial charge in [0.05, 0.1) is 6.61 Å². The number of benzene rings is 1. The van der Waals surface area contributed by atoms with Gasteiger partial charge >= 0.3 is 0 Å². The van der Waals surface area contributed by atoms with E-state index >= 15 is 0 Å². The zero-order valence-electron chi connectivity index (χ0n) is 12.8. The molecule has 1 aromatic rings. The van der Waals surface area contributed by atoms with Crippen LogP contribution in [0, 0.1) is 12.3 Å². The maximum Gasteiger partial charge on any atom is 0.122 e. The third-order valence-electron chi connectivity index (χ3n) is 4.14. The molecule has 0 amide bonds. The Hall–Kier alpha value is -1.43. The molecule has 0 unspecified atom stereocenters. The van der Waals surface area contributed by atoms with Crippen LogP contribution < -0.4 is 5.73 Å². The van der Waals surface area contributed by atoms with Crippen LogP contribution in [0.1, 0.15) is 23.1 Å². The lowest BCUT2D eigenvalue weighted by Crippen LogP contribution is -2.32. The first kappa shape index (κ1) is 15.9. The van der Waals surface area contributed by atoms with Crippen LogP contribution in [-0.4, -0.2) is 60.1 Å². The third-order valence-corrected chi connectivity index (χ3v) is 4.14. The average molecular weight is 290 g/mol. The molecule has 0 spiro atoms. The normalized spacial score (nSPS) is 17.6. The second kappa shape index (κ2) is 7.54. The van der Waals surface area contributed by atoms with E-state index in [-0.39, 0.29) is 12.4 Å². The summed E-state index contributed by atoms with van der Waals surface area (Å²) >= 11 is 0. The predicted octanol–water partition coefficient (Wildman–Crippen LogP) is 0.779. The number of nitrogen functional groups attached to an aromatic ring is 1. The molecule has 1 saturated heterocycles. The van der Waals surface area contributed by atoms with Crippen LogP contribution in [0.5, 0.6) is 0 Å². The number of hydrogen-bond acceptors (Lipinski definition) is 4. The molecule has 0 bridgehead atoms. The Morgan fingerprint density at radius 2 is 1.95 bits per heavy atom. The van der Waals surface area contributed by atoms with Crippen molar-refractivity contribution in [1.82, 2.24) is 9.80 Å². The smallest absolute Gasteiger partial charge is 0.122 e. The fourth-order valence-corrected chi connectivity index (χ4v) is 2.83. The van der Waals surface area contributed by atoms with E-state index in [9.17, 15) is 0 Å². The van der Waals surface area contributed by atoms with Crippen molar-refractivity contribution in [3.05, 3.63) is 34.9 Å². The van der Waals surface area contributed by atoms with E-state index in [1.807, 2.05) is 12.1 Å². The van der Waals surface area contributed by atoms with Crippen LogP contribution in [0.2, 0.25) is 0 Å². The van der Waals surface area contributed by atoms with Gasteiger partial charge in [0.25, 0.3) is 0 Å². The SMILES string of the molecule is Cc1cc(C(=N)N)ccc1CN1CCCN(CCO)CC1. The number of amidine groups is 1. The first-order valence-corrected chi connectivity index (χ1v) is 7.59. The van der Waals surface area contributed by atoms with Crippen molar-refractivity contribution in [3.8, 4) is 0 Å². The Morgan fingerprint density at radius 1 is 1.24 bits per heavy atom. The van der Waals surface area contributed by atoms with Crippen LogP contribution in [0.4, 0.5) is 0 Å². The minimum Gasteiger partial charge on any atom is -0.395 e. The van der Waals surface area contributed by atoms with E-state index < -0.39 is 0 Å². The predicted molar refractivity (Wildman–Crippen MR) is 85.6 cm³/mol. The summed E-state index contributed by atoms with van der Waals surface area (Å²) in [4.78, 5) is 4.79. The Morgan fingerprint density at radius 3 is 2.62 bits per heavy atom. The molecule has 1 aliphatic heterocycles. The summed E-state index contributed by atoms with van der Waals surface area (Å²) in [5, 5.41) is 16.5. The molecule has 2 rings (SSSR count). The largest absolute Gasteiger partial charge is 0.395 e. The van der Waals surface area contributed by atoms with E-state index in [0.29, 0.717) is 0 Å². The van der Waals surface area contributed by atoms with Gasteiger partial charge in [-0.25, -0.2) is 0 Å². The van der Waals surface area contributed by atoms with Crippen LogP contribution in [0.3, 0.4) is 0 Å². The molecule has 5 heteroatoms. The average Bonchev–Trinajstić information content (AvgIpc) is 2.67. The summed E-state index contributed by atoms with van der Waals surface area (Å²) in [6.45, 7) is 8.26. The van der Waals surface area contributed by atoms with Crippen molar-refractivity contribution in [2.24, 2.45) is 5.73 Å². The van der Waals surface area contributed by atoms with Crippen LogP contribution in [0.15, 0.2) is 18.2 Å². The molecular formula is C16H26N4O. The van der Waals surface area contributed by atoms with Crippen molar-refractivity contribution in [1.29, 1.82) is 5.41 Å². The Balaban J connectivity index is 1.97. The lowest BCUT2D eigenvalue weighted by Gasteiger charge is -2.22. The standard InChI is InChI=1S/C16H26N4O/c1-13-11-14(16(17)18)3-4-15(13)12-20-6-2-5-19(7-8-20)9-10-21/h3-4,11,21H,2,5-10,12H2,1H3,(H3,17,18). The highest BCUT2D eigenvalue weighted by atomic mass is 16.3. The number of nitrogens with one attached hydrogen (secondary N) is 1. The third kappa shape index (κ3) is 4.52. The van der Waals surface area contributed by atoms with Gasteiger partial charge in [0, 0.05) is 31.7 Å². The number of aryl methyl sites for hydroxylation is 1. The minimum absolute atomic E-state index is 0.124. The maximum absolute atomic E-state index is 9.04. The summed E-state index contributed by atoms with van der Waals surface area (Å²) in [5.41, 5.74) is 8.82. The lowest BCUT2D eigenvalue weighted by atomic mass is 10.0. The fourth-order valence-electron chi connectivity index (χ4n) is 2.83. The molecule has 21 heavy (non-hydrogen) atoms. The second-order valence-electron chi connectivity index (χ2n) is 5.75. The summed E-state index contributed by atoms with van der Waals surface area (Å²) in [5.74, 6) is 0.124. The number of hydrogen-bond donors (Lipinski definition) is 3. The summed E-state index contributed by atoms with van der Waals surface area (Å²) < 4.78 is 0. The van der Waals surface area contributed by atoms with Crippen molar-refractivity contribution >= 4 is 5.84 Å². The number of aliphatic hydroxyl groups excluding tert-OH is 1. The van der Waals surface area contributed by atoms with E-state index in [1.165, 1.54) is 11.1 Å². The molecule has 1 aliphatic rings. The summed E-state index contributed by atoms with van der Waals surface area (Å²) in [6, 6.07) is 6.01. The molecule has 1 heterocycles. The van der Waals surface area contributed by atoms with Gasteiger partial charge in [0.2, 0.25) is 0 Å². The fraction of sp³-hybridized carbons (Fsp3) is 0.562. The molecule has 4 N–H and O–H groups in total. The molecule has 5 nitrogen and oxygen atoms in total. The number of nitrogens with zero attached hydrogens (tertiary/aromatic N) is 2. The number of rotatable bonds is 5. The van der Waals surface area contributed by atoms with Crippen LogP contribution in [0.25, 0.3) is 0 Å². The first-order chi connectivity index (χ1) is 10.1. The van der Waals surface area contributed by atoms with Gasteiger partial charge in [-0.2, -0.15) is 0 Å². The molecule has 0 saturated carbocycles. The van der Waals surface area contributed by atoms with Gasteiger partial charge in [-0.15, -0.1) is 0 Å². The van der Waals surface area contributed by atoms with E-state index in [1.54, 1.807) is 0 Å². The van der Waals surface area contributed by atoms with E-state index in [0.717, 1.165) is 51.3 Å². The zero-order chi connectivity index (χ0) is 15.2. The highest BCUT2D eigenvalue weighted by Crippen LogP contribution is 2.15. The van der Waals surface area contributed by atoms with Crippen LogP contribution >= 0.6 is 0 Å². The van der Waals surface area contributed by atoms with Gasteiger partial charge < -0.3 is 10.8 Å². The zero-order valence-corrected chi connectivity index (χ0v) is 12.8. The monoisotopic (exact) mass is 290 g/mol. The first-order valence-electron chi connectivity index (χ1n) is 7.59. The van der Waals surface area contributed by atoms with Gasteiger partial charge in [-0.1, -0.05) is 12.1 Å². The van der Waals surface area contributed by atoms with E-state index in [4.69, 9.17) is 16.2 Å². The van der Waals surface area contributed by atoms with Crippen molar-refractivity contribution in [2.75, 3.05) is 39.3 Å². The molecule has 0 atom stereocenters. The van der Waals surface area contributed by atoms with Gasteiger partial charge in [0.15, 0.2) is 0 Å². The van der Waals surface area contributed by atoms with Crippen LogP contribution in [-0.2, 0) is 6.54 Å². The second-order valence-corrected chi connectivity index (χ2v) is 5.75. The molecule has 0 aromatic heterocycles. The van der Waals surface area contributed by atoms with Gasteiger partial charge in [0.1, 0.15) is 5.84 Å². The van der Waals surface area contributed by atoms with Crippen molar-refractivity contribution < 1.29 is 5.11 Å². The summed E-state index contributed by atoms with van der Waals surface area (Å²) in [6.07, 6.45) is 1.14. The number of β-amino-alcohol motifs (C(OH)–C–C–N with tert-alkyl or cyclic N) is 1. The quantitative estimate of drug-likeness (QED) is 0.553. The molecule has 116 valence electrons. The van der Waals surface area contributed by atoms with Crippen molar-refractivity contribution in [3.63, 3.8) is 0 Å². The van der Waals surface area contributed by atoms with Crippen molar-refractivity contribution in [2.45, 2.75) is 19.9 Å². The van der Waals surface area contributed by atoms with Gasteiger partial charge in [-0.3, -0.25) is 15.2 Å². The van der Waals surface area contributed by atoms with E-state index in [2.05, 4.69) is 22.8 Å². The Bertz CT molecular complexity index is 489. The Labute approximate surface area is 126 Å².